The van der Waals surface area contributed by atoms with Crippen LogP contribution in [0.25, 0.3) is 0 Å². The molecule has 1 N–H and O–H groups in total. The molecule has 4 nitrogen and oxygen atoms in total. The summed E-state index contributed by atoms with van der Waals surface area (Å²) in [5.41, 5.74) is 0. The lowest BCUT2D eigenvalue weighted by Crippen LogP contribution is -2.09. The van der Waals surface area contributed by atoms with E-state index in [0.29, 0.717) is 17.3 Å². The number of benzene rings is 1. The number of hydrogen-bond acceptors (Lipinski definition) is 4. The molecular weight excluding hydrogens is 220 g/mol. The van der Waals surface area contributed by atoms with Crippen LogP contribution in [0.1, 0.15) is 11.9 Å². The lowest BCUT2D eigenvalue weighted by molar-refractivity contribution is 0.0873. The Morgan fingerprint density at radius 1 is 1.18 bits per heavy atom. The van der Waals surface area contributed by atoms with Crippen molar-refractivity contribution in [3.63, 3.8) is 0 Å². The lowest BCUT2D eigenvalue weighted by atomic mass is 10.3. The van der Waals surface area contributed by atoms with Gasteiger partial charge in [0.2, 0.25) is 0 Å². The van der Waals surface area contributed by atoms with E-state index in [1.807, 2.05) is 12.1 Å². The molecule has 0 spiro atoms. The van der Waals surface area contributed by atoms with Crippen molar-refractivity contribution in [2.24, 2.45) is 0 Å². The number of hydrogen-bond donors (Lipinski definition) is 1. The number of furan rings is 1. The van der Waals surface area contributed by atoms with Crippen molar-refractivity contribution in [3.05, 3.63) is 48.4 Å². The van der Waals surface area contributed by atoms with Crippen LogP contribution in [0, 0.1) is 0 Å². The van der Waals surface area contributed by atoms with Crippen LogP contribution in [-0.4, -0.2) is 18.8 Å². The Kier molecular flexibility index (Phi) is 3.67. The second-order valence-corrected chi connectivity index (χ2v) is 3.49. The first-order chi connectivity index (χ1) is 8.31. The van der Waals surface area contributed by atoms with Crippen molar-refractivity contribution in [3.8, 4) is 11.5 Å². The second-order valence-electron chi connectivity index (χ2n) is 3.49. The highest BCUT2D eigenvalue weighted by Crippen LogP contribution is 2.27. The molecule has 0 aliphatic carbocycles. The Morgan fingerprint density at radius 3 is 2.59 bits per heavy atom. The summed E-state index contributed by atoms with van der Waals surface area (Å²) in [5, 5.41) is 9.77. The summed E-state index contributed by atoms with van der Waals surface area (Å²) in [7, 11) is 1.57. The molecule has 1 atom stereocenters. The van der Waals surface area contributed by atoms with E-state index in [2.05, 4.69) is 0 Å². The zero-order chi connectivity index (χ0) is 12.1. The molecule has 4 heteroatoms. The first-order valence-corrected chi connectivity index (χ1v) is 5.28. The molecule has 17 heavy (non-hydrogen) atoms. The van der Waals surface area contributed by atoms with Gasteiger partial charge < -0.3 is 19.0 Å². The molecule has 2 aromatic rings. The van der Waals surface area contributed by atoms with E-state index in [0.717, 1.165) is 0 Å². The summed E-state index contributed by atoms with van der Waals surface area (Å²) in [4.78, 5) is 0. The van der Waals surface area contributed by atoms with Gasteiger partial charge in [0, 0.05) is 0 Å². The fourth-order valence-corrected chi connectivity index (χ4v) is 1.47. The summed E-state index contributed by atoms with van der Waals surface area (Å²) in [6.45, 7) is 0.119. The van der Waals surface area contributed by atoms with E-state index in [9.17, 15) is 5.11 Å². The Hall–Kier alpha value is -1.94. The SMILES string of the molecule is COc1ccccc1OCC(O)c1ccco1. The third-order valence-electron chi connectivity index (χ3n) is 2.34. The molecular formula is C13H14O4. The molecule has 0 aliphatic rings. The van der Waals surface area contributed by atoms with Crippen LogP contribution in [0.5, 0.6) is 11.5 Å². The van der Waals surface area contributed by atoms with E-state index >= 15 is 0 Å². The zero-order valence-corrected chi connectivity index (χ0v) is 9.50. The molecule has 0 amide bonds. The minimum absolute atomic E-state index is 0.119. The number of methoxy groups -OCH3 is 1. The highest BCUT2D eigenvalue weighted by Gasteiger charge is 2.12. The van der Waals surface area contributed by atoms with Gasteiger partial charge in [0.15, 0.2) is 11.5 Å². The maximum atomic E-state index is 9.77. The standard InChI is InChI=1S/C13H14O4/c1-15-12-5-2-3-6-13(12)17-9-10(14)11-7-4-8-16-11/h2-8,10,14H,9H2,1H3. The monoisotopic (exact) mass is 234 g/mol. The predicted molar refractivity (Wildman–Crippen MR) is 62.2 cm³/mol. The first kappa shape index (κ1) is 11.5. The highest BCUT2D eigenvalue weighted by molar-refractivity contribution is 5.39. The van der Waals surface area contributed by atoms with Crippen molar-refractivity contribution < 1.29 is 19.0 Å². The van der Waals surface area contributed by atoms with Gasteiger partial charge in [0.25, 0.3) is 0 Å². The molecule has 0 saturated carbocycles. The molecule has 0 aliphatic heterocycles. The molecule has 0 saturated heterocycles. The van der Waals surface area contributed by atoms with Crippen LogP contribution in [0.2, 0.25) is 0 Å². The number of rotatable bonds is 5. The highest BCUT2D eigenvalue weighted by atomic mass is 16.5. The molecule has 0 fully saturated rings. The summed E-state index contributed by atoms with van der Waals surface area (Å²) in [6, 6.07) is 10.7. The average Bonchev–Trinajstić information content (AvgIpc) is 2.90. The van der Waals surface area contributed by atoms with Gasteiger partial charge in [-0.25, -0.2) is 0 Å². The Morgan fingerprint density at radius 2 is 1.94 bits per heavy atom. The minimum Gasteiger partial charge on any atom is -0.493 e. The normalized spacial score (nSPS) is 12.1. The zero-order valence-electron chi connectivity index (χ0n) is 9.50. The molecule has 2 rings (SSSR count). The van der Waals surface area contributed by atoms with E-state index < -0.39 is 6.10 Å². The Balaban J connectivity index is 1.98. The van der Waals surface area contributed by atoms with E-state index in [4.69, 9.17) is 13.9 Å². The average molecular weight is 234 g/mol. The van der Waals surface area contributed by atoms with Crippen molar-refractivity contribution >= 4 is 0 Å². The summed E-state index contributed by atoms with van der Waals surface area (Å²) in [5.74, 6) is 1.72. The van der Waals surface area contributed by atoms with Gasteiger partial charge in [-0.15, -0.1) is 0 Å². The number of para-hydroxylation sites is 2. The van der Waals surface area contributed by atoms with Crippen LogP contribution in [0.4, 0.5) is 0 Å². The molecule has 1 aromatic heterocycles. The molecule has 1 aromatic carbocycles. The van der Waals surface area contributed by atoms with Gasteiger partial charge in [0.1, 0.15) is 18.5 Å². The molecule has 0 radical (unpaired) electrons. The van der Waals surface area contributed by atoms with E-state index in [-0.39, 0.29) is 6.61 Å². The second kappa shape index (κ2) is 5.41. The summed E-state index contributed by atoms with van der Waals surface area (Å²) in [6.07, 6.45) is 0.733. The summed E-state index contributed by atoms with van der Waals surface area (Å²) >= 11 is 0. The topological polar surface area (TPSA) is 51.8 Å². The van der Waals surface area contributed by atoms with Crippen LogP contribution in [0.15, 0.2) is 47.1 Å². The maximum absolute atomic E-state index is 9.77. The third kappa shape index (κ3) is 2.79. The molecule has 1 unspecified atom stereocenters. The van der Waals surface area contributed by atoms with Crippen molar-refractivity contribution in [1.82, 2.24) is 0 Å². The largest absolute Gasteiger partial charge is 0.493 e. The number of aliphatic hydroxyl groups is 1. The Labute approximate surface area is 99.4 Å². The number of aliphatic hydroxyl groups excluding tert-OH is 1. The summed E-state index contributed by atoms with van der Waals surface area (Å²) < 4.78 is 15.7. The first-order valence-electron chi connectivity index (χ1n) is 5.28. The van der Waals surface area contributed by atoms with Crippen molar-refractivity contribution in [2.75, 3.05) is 13.7 Å². The van der Waals surface area contributed by atoms with Crippen molar-refractivity contribution in [2.45, 2.75) is 6.10 Å². The maximum Gasteiger partial charge on any atom is 0.161 e. The van der Waals surface area contributed by atoms with E-state index in [1.165, 1.54) is 6.26 Å². The smallest absolute Gasteiger partial charge is 0.161 e. The van der Waals surface area contributed by atoms with Gasteiger partial charge in [0.05, 0.1) is 13.4 Å². The van der Waals surface area contributed by atoms with Crippen molar-refractivity contribution in [1.29, 1.82) is 0 Å². The van der Waals surface area contributed by atoms with E-state index in [1.54, 1.807) is 31.4 Å². The van der Waals surface area contributed by atoms with Crippen LogP contribution in [0.3, 0.4) is 0 Å². The lowest BCUT2D eigenvalue weighted by Gasteiger charge is -2.12. The van der Waals surface area contributed by atoms with Gasteiger partial charge in [-0.3, -0.25) is 0 Å². The molecule has 0 bridgehead atoms. The fraction of sp³-hybridized carbons (Fsp3) is 0.231. The molecule has 1 heterocycles. The Bertz CT molecular complexity index is 450. The van der Waals surface area contributed by atoms with Crippen LogP contribution >= 0.6 is 0 Å². The van der Waals surface area contributed by atoms with Gasteiger partial charge in [-0.1, -0.05) is 12.1 Å². The minimum atomic E-state index is -0.782. The third-order valence-corrected chi connectivity index (χ3v) is 2.34. The van der Waals surface area contributed by atoms with Gasteiger partial charge in [-0.05, 0) is 24.3 Å². The number of ether oxygens (including phenoxy) is 2. The van der Waals surface area contributed by atoms with Crippen LogP contribution in [-0.2, 0) is 0 Å². The fourth-order valence-electron chi connectivity index (χ4n) is 1.47. The molecule has 90 valence electrons. The van der Waals surface area contributed by atoms with Crippen LogP contribution < -0.4 is 9.47 Å². The van der Waals surface area contributed by atoms with Gasteiger partial charge in [-0.2, -0.15) is 0 Å². The quantitative estimate of drug-likeness (QED) is 0.863. The predicted octanol–water partition coefficient (Wildman–Crippen LogP) is 2.40. The van der Waals surface area contributed by atoms with Gasteiger partial charge >= 0.3 is 0 Å².